The highest BCUT2D eigenvalue weighted by molar-refractivity contribution is 7.71. The molecule has 0 amide bonds. The molecular formula is C20H15F3N6O2S. The molecule has 0 spiro atoms. The van der Waals surface area contributed by atoms with Crippen LogP contribution in [0.3, 0.4) is 0 Å². The zero-order valence-corrected chi connectivity index (χ0v) is 17.2. The fourth-order valence-corrected chi connectivity index (χ4v) is 3.60. The molecule has 0 aliphatic carbocycles. The summed E-state index contributed by atoms with van der Waals surface area (Å²) in [5.41, 5.74) is 3.35. The van der Waals surface area contributed by atoms with Crippen LogP contribution >= 0.6 is 12.2 Å². The molecule has 5 rings (SSSR count). The van der Waals surface area contributed by atoms with Crippen LogP contribution in [0.25, 0.3) is 22.9 Å². The highest BCUT2D eigenvalue weighted by Gasteiger charge is 2.19. The van der Waals surface area contributed by atoms with E-state index < -0.39 is 18.1 Å². The van der Waals surface area contributed by atoms with E-state index in [-0.39, 0.29) is 28.5 Å². The van der Waals surface area contributed by atoms with Crippen molar-refractivity contribution in [1.82, 2.24) is 30.3 Å². The van der Waals surface area contributed by atoms with E-state index >= 15 is 0 Å². The Labute approximate surface area is 184 Å². The minimum atomic E-state index is -2.91. The van der Waals surface area contributed by atoms with Gasteiger partial charge >= 0.3 is 6.43 Å². The van der Waals surface area contributed by atoms with Gasteiger partial charge in [0.2, 0.25) is 11.8 Å². The summed E-state index contributed by atoms with van der Waals surface area (Å²) in [5, 5.41) is 14.4. The van der Waals surface area contributed by atoms with Crippen molar-refractivity contribution < 1.29 is 22.0 Å². The molecule has 0 atom stereocenters. The molecule has 4 aromatic rings. The second kappa shape index (κ2) is 8.28. The number of benzene rings is 1. The van der Waals surface area contributed by atoms with Crippen LogP contribution in [0.15, 0.2) is 39.3 Å². The molecule has 0 saturated heterocycles. The first-order chi connectivity index (χ1) is 15.5. The lowest BCUT2D eigenvalue weighted by molar-refractivity contribution is 0.116. The summed E-state index contributed by atoms with van der Waals surface area (Å²) < 4.78 is 51.6. The van der Waals surface area contributed by atoms with Gasteiger partial charge in [-0.1, -0.05) is 6.07 Å². The summed E-state index contributed by atoms with van der Waals surface area (Å²) in [4.78, 5) is 4.11. The number of pyridine rings is 1. The van der Waals surface area contributed by atoms with Crippen LogP contribution in [0.2, 0.25) is 0 Å². The van der Waals surface area contributed by atoms with Gasteiger partial charge in [-0.25, -0.2) is 9.07 Å². The highest BCUT2D eigenvalue weighted by Crippen LogP contribution is 2.26. The molecule has 1 N–H and O–H groups in total. The third kappa shape index (κ3) is 3.94. The minimum absolute atomic E-state index is 0.0369. The van der Waals surface area contributed by atoms with Gasteiger partial charge in [0.1, 0.15) is 5.82 Å². The normalized spacial score (nSPS) is 13.5. The molecule has 1 aliphatic rings. The Bertz CT molecular complexity index is 1350. The average molecular weight is 460 g/mol. The first-order valence-corrected chi connectivity index (χ1v) is 10.1. The number of fused-ring (bicyclic) bond motifs is 1. The summed E-state index contributed by atoms with van der Waals surface area (Å²) in [5.74, 6) is -1.46. The van der Waals surface area contributed by atoms with E-state index in [1.165, 1.54) is 22.0 Å². The second-order valence-corrected chi connectivity index (χ2v) is 7.49. The van der Waals surface area contributed by atoms with Crippen molar-refractivity contribution in [2.24, 2.45) is 0 Å². The zero-order valence-electron chi connectivity index (χ0n) is 16.4. The summed E-state index contributed by atoms with van der Waals surface area (Å²) in [6.45, 7) is 1.65. The lowest BCUT2D eigenvalue weighted by atomic mass is 9.98. The third-order valence-corrected chi connectivity index (χ3v) is 5.33. The van der Waals surface area contributed by atoms with Gasteiger partial charge in [-0.2, -0.15) is 8.78 Å². The summed E-state index contributed by atoms with van der Waals surface area (Å²) >= 11 is 5.24. The van der Waals surface area contributed by atoms with Gasteiger partial charge in [-0.05, 0) is 54.5 Å². The highest BCUT2D eigenvalue weighted by atomic mass is 32.1. The van der Waals surface area contributed by atoms with E-state index in [4.69, 9.17) is 21.1 Å². The fourth-order valence-electron chi connectivity index (χ4n) is 3.41. The second-order valence-electron chi connectivity index (χ2n) is 7.14. The number of nitrogens with zero attached hydrogens (tertiary/aromatic N) is 5. The van der Waals surface area contributed by atoms with Crippen molar-refractivity contribution in [3.8, 4) is 22.9 Å². The maximum absolute atomic E-state index is 14.6. The van der Waals surface area contributed by atoms with Crippen LogP contribution in [0.4, 0.5) is 13.2 Å². The van der Waals surface area contributed by atoms with Crippen LogP contribution in [-0.2, 0) is 19.5 Å². The van der Waals surface area contributed by atoms with E-state index in [0.29, 0.717) is 5.89 Å². The van der Waals surface area contributed by atoms with Crippen molar-refractivity contribution in [2.75, 3.05) is 6.54 Å². The van der Waals surface area contributed by atoms with Gasteiger partial charge in [0.25, 0.3) is 10.7 Å². The molecule has 8 nitrogen and oxygen atoms in total. The molecule has 0 unspecified atom stereocenters. The Kier molecular flexibility index (Phi) is 5.31. The molecular weight excluding hydrogens is 445 g/mol. The van der Waals surface area contributed by atoms with E-state index in [9.17, 15) is 13.2 Å². The minimum Gasteiger partial charge on any atom is -0.415 e. The predicted octanol–water partition coefficient (Wildman–Crippen LogP) is 4.09. The Morgan fingerprint density at radius 2 is 1.97 bits per heavy atom. The van der Waals surface area contributed by atoms with Crippen molar-refractivity contribution in [3.05, 3.63) is 63.8 Å². The van der Waals surface area contributed by atoms with E-state index in [1.54, 1.807) is 0 Å². The fraction of sp³-hybridized carbons (Fsp3) is 0.250. The number of nitrogens with one attached hydrogen (secondary N) is 1. The smallest absolute Gasteiger partial charge is 0.314 e. The van der Waals surface area contributed by atoms with Gasteiger partial charge in [0.05, 0.1) is 17.8 Å². The molecule has 12 heteroatoms. The Hall–Kier alpha value is -3.38. The van der Waals surface area contributed by atoms with E-state index in [0.717, 1.165) is 31.1 Å². The van der Waals surface area contributed by atoms with Crippen molar-refractivity contribution in [1.29, 1.82) is 0 Å². The first kappa shape index (κ1) is 20.5. The predicted molar refractivity (Wildman–Crippen MR) is 108 cm³/mol. The van der Waals surface area contributed by atoms with E-state index in [1.807, 2.05) is 18.2 Å². The Balaban J connectivity index is 1.39. The number of halogens is 3. The zero-order chi connectivity index (χ0) is 22.2. The van der Waals surface area contributed by atoms with Crippen LogP contribution in [0, 0.1) is 10.7 Å². The molecule has 0 radical (unpaired) electrons. The molecule has 0 fully saturated rings. The maximum atomic E-state index is 14.6. The van der Waals surface area contributed by atoms with Gasteiger partial charge in [0.15, 0.2) is 0 Å². The molecule has 0 saturated carbocycles. The lowest BCUT2D eigenvalue weighted by Gasteiger charge is -2.17. The molecule has 1 aliphatic heterocycles. The summed E-state index contributed by atoms with van der Waals surface area (Å²) in [7, 11) is 0. The molecule has 1 aromatic carbocycles. The van der Waals surface area contributed by atoms with Crippen LogP contribution in [0.5, 0.6) is 0 Å². The summed E-state index contributed by atoms with van der Waals surface area (Å²) in [6.07, 6.45) is -0.753. The van der Waals surface area contributed by atoms with Crippen LogP contribution in [-0.4, -0.2) is 31.5 Å². The SMILES string of the molecule is Fc1cc(-c2nnc(C(F)F)o2)cnc1Cn1nc(-c2ccc3c(c2)CCNC3)oc1=S. The van der Waals surface area contributed by atoms with Crippen LogP contribution in [0.1, 0.15) is 29.1 Å². The molecule has 4 heterocycles. The quantitative estimate of drug-likeness (QED) is 0.445. The Morgan fingerprint density at radius 1 is 1.09 bits per heavy atom. The number of aromatic nitrogens is 5. The summed E-state index contributed by atoms with van der Waals surface area (Å²) in [6, 6.07) is 7.02. The molecule has 3 aromatic heterocycles. The van der Waals surface area contributed by atoms with Crippen molar-refractivity contribution >= 4 is 12.2 Å². The molecule has 32 heavy (non-hydrogen) atoms. The topological polar surface area (TPSA) is 94.8 Å². The number of hydrogen-bond donors (Lipinski definition) is 1. The van der Waals surface area contributed by atoms with Gasteiger partial charge in [0, 0.05) is 18.3 Å². The average Bonchev–Trinajstić information content (AvgIpc) is 3.42. The monoisotopic (exact) mass is 460 g/mol. The van der Waals surface area contributed by atoms with Crippen molar-refractivity contribution in [2.45, 2.75) is 25.9 Å². The molecule has 0 bridgehead atoms. The largest absolute Gasteiger partial charge is 0.415 e. The molecule has 164 valence electrons. The maximum Gasteiger partial charge on any atom is 0.314 e. The van der Waals surface area contributed by atoms with Gasteiger partial charge in [-0.15, -0.1) is 15.3 Å². The third-order valence-electron chi connectivity index (χ3n) is 5.04. The standard InChI is InChI=1S/C20H15F3N6O2S/c21-14-6-13(17-26-27-19(30-17)16(22)23)8-25-15(14)9-29-20(32)31-18(28-29)11-1-2-12-7-24-4-3-10(12)5-11/h1-2,5-6,8,16,24H,3-4,7,9H2. The Morgan fingerprint density at radius 3 is 2.75 bits per heavy atom. The number of hydrogen-bond acceptors (Lipinski definition) is 8. The van der Waals surface area contributed by atoms with Crippen LogP contribution < -0.4 is 5.32 Å². The van der Waals surface area contributed by atoms with E-state index in [2.05, 4.69) is 25.6 Å². The van der Waals surface area contributed by atoms with Crippen molar-refractivity contribution in [3.63, 3.8) is 0 Å². The number of rotatable bonds is 5. The lowest BCUT2D eigenvalue weighted by Crippen LogP contribution is -2.23. The van der Waals surface area contributed by atoms with Gasteiger partial charge < -0.3 is 14.2 Å². The first-order valence-electron chi connectivity index (χ1n) is 9.65. The number of alkyl halides is 2. The van der Waals surface area contributed by atoms with Gasteiger partial charge in [-0.3, -0.25) is 4.98 Å².